The molecule has 0 bridgehead atoms. The molecular weight excluding hydrogens is 148 g/mol. The lowest BCUT2D eigenvalue weighted by Crippen LogP contribution is -1.99. The lowest BCUT2D eigenvalue weighted by Gasteiger charge is -1.97. The highest BCUT2D eigenvalue weighted by Gasteiger charge is 2.00. The Morgan fingerprint density at radius 1 is 1.70 bits per heavy atom. The standard InChI is InChI=1S/C6H10N2OS/c1-4(2)3-5-7-6(9)10-8-5/h4H,3H2,1-2H3,(H,7,8,9). The zero-order chi connectivity index (χ0) is 7.56. The van der Waals surface area contributed by atoms with Crippen LogP contribution in [0.2, 0.25) is 0 Å². The van der Waals surface area contributed by atoms with E-state index in [4.69, 9.17) is 0 Å². The fourth-order valence-corrected chi connectivity index (χ4v) is 1.21. The summed E-state index contributed by atoms with van der Waals surface area (Å²) in [6, 6.07) is 0. The topological polar surface area (TPSA) is 45.8 Å². The molecule has 0 spiro atoms. The molecule has 0 atom stereocenters. The molecule has 0 fully saturated rings. The minimum atomic E-state index is -0.0596. The number of aromatic amines is 1. The van der Waals surface area contributed by atoms with Crippen molar-refractivity contribution in [3.63, 3.8) is 0 Å². The van der Waals surface area contributed by atoms with Gasteiger partial charge in [0.25, 0.3) is 0 Å². The van der Waals surface area contributed by atoms with Crippen LogP contribution in [0.1, 0.15) is 19.7 Å². The van der Waals surface area contributed by atoms with Crippen molar-refractivity contribution in [1.82, 2.24) is 9.36 Å². The Morgan fingerprint density at radius 2 is 2.40 bits per heavy atom. The molecule has 0 aliphatic heterocycles. The van der Waals surface area contributed by atoms with Crippen LogP contribution >= 0.6 is 11.5 Å². The molecule has 0 aromatic carbocycles. The summed E-state index contributed by atoms with van der Waals surface area (Å²) < 4.78 is 3.93. The van der Waals surface area contributed by atoms with E-state index in [1.807, 2.05) is 0 Å². The molecule has 1 heterocycles. The number of nitrogens with one attached hydrogen (secondary N) is 1. The van der Waals surface area contributed by atoms with Gasteiger partial charge >= 0.3 is 4.87 Å². The first kappa shape index (κ1) is 7.47. The molecule has 0 saturated carbocycles. The minimum absolute atomic E-state index is 0.0596. The molecule has 56 valence electrons. The molecule has 0 amide bonds. The first-order valence-corrected chi connectivity index (χ1v) is 4.00. The van der Waals surface area contributed by atoms with Crippen LogP contribution in [-0.4, -0.2) is 9.36 Å². The van der Waals surface area contributed by atoms with Crippen molar-refractivity contribution in [3.8, 4) is 0 Å². The van der Waals surface area contributed by atoms with Crippen molar-refractivity contribution in [2.45, 2.75) is 20.3 Å². The average Bonchev–Trinajstić information content (AvgIpc) is 2.13. The van der Waals surface area contributed by atoms with Gasteiger partial charge in [0.2, 0.25) is 0 Å². The molecule has 1 N–H and O–H groups in total. The lowest BCUT2D eigenvalue weighted by atomic mass is 10.1. The molecule has 0 aliphatic rings. The monoisotopic (exact) mass is 158 g/mol. The van der Waals surface area contributed by atoms with E-state index >= 15 is 0 Å². The predicted octanol–water partition coefficient (Wildman–Crippen LogP) is 1.03. The quantitative estimate of drug-likeness (QED) is 0.698. The first-order chi connectivity index (χ1) is 4.68. The Bertz CT molecular complexity index is 250. The van der Waals surface area contributed by atoms with Crippen LogP contribution in [0.25, 0.3) is 0 Å². The van der Waals surface area contributed by atoms with Gasteiger partial charge in [0.05, 0.1) is 0 Å². The largest absolute Gasteiger partial charge is 0.323 e. The zero-order valence-corrected chi connectivity index (χ0v) is 6.86. The van der Waals surface area contributed by atoms with Gasteiger partial charge in [-0.2, -0.15) is 4.37 Å². The summed E-state index contributed by atoms with van der Waals surface area (Å²) in [7, 11) is 0. The van der Waals surface area contributed by atoms with E-state index in [0.717, 1.165) is 23.8 Å². The molecule has 3 nitrogen and oxygen atoms in total. The van der Waals surface area contributed by atoms with Gasteiger partial charge in [-0.25, -0.2) is 0 Å². The van der Waals surface area contributed by atoms with E-state index in [2.05, 4.69) is 23.2 Å². The fourth-order valence-electron chi connectivity index (χ4n) is 0.735. The predicted molar refractivity (Wildman–Crippen MR) is 41.3 cm³/mol. The Labute approximate surface area is 63.3 Å². The summed E-state index contributed by atoms with van der Waals surface area (Å²) in [5.41, 5.74) is 0. The lowest BCUT2D eigenvalue weighted by molar-refractivity contribution is 0.626. The molecule has 4 heteroatoms. The normalized spacial score (nSPS) is 10.7. The van der Waals surface area contributed by atoms with Gasteiger partial charge in [-0.15, -0.1) is 0 Å². The second-order valence-corrected chi connectivity index (χ2v) is 3.38. The van der Waals surface area contributed by atoms with Crippen LogP contribution < -0.4 is 4.87 Å². The number of hydrogen-bond donors (Lipinski definition) is 1. The molecule has 1 aromatic heterocycles. The van der Waals surface area contributed by atoms with Gasteiger partial charge in [0, 0.05) is 18.0 Å². The smallest absolute Gasteiger partial charge is 0.300 e. The molecule has 0 unspecified atom stereocenters. The van der Waals surface area contributed by atoms with Gasteiger partial charge in [0.1, 0.15) is 5.82 Å². The maximum absolute atomic E-state index is 10.6. The Balaban J connectivity index is 2.67. The van der Waals surface area contributed by atoms with Crippen LogP contribution in [0.5, 0.6) is 0 Å². The molecule has 10 heavy (non-hydrogen) atoms. The fraction of sp³-hybridized carbons (Fsp3) is 0.667. The second-order valence-electron chi connectivity index (χ2n) is 2.64. The molecular formula is C6H10N2OS. The van der Waals surface area contributed by atoms with Crippen LogP contribution in [0.4, 0.5) is 0 Å². The summed E-state index contributed by atoms with van der Waals surface area (Å²) in [5, 5.41) is 0. The minimum Gasteiger partial charge on any atom is -0.300 e. The first-order valence-electron chi connectivity index (χ1n) is 3.23. The van der Waals surface area contributed by atoms with Gasteiger partial charge in [-0.1, -0.05) is 13.8 Å². The van der Waals surface area contributed by atoms with E-state index in [-0.39, 0.29) is 4.87 Å². The van der Waals surface area contributed by atoms with Gasteiger partial charge < -0.3 is 0 Å². The highest BCUT2D eigenvalue weighted by Crippen LogP contribution is 2.00. The third-order valence-corrected chi connectivity index (χ3v) is 1.67. The van der Waals surface area contributed by atoms with Crippen molar-refractivity contribution in [2.24, 2.45) is 5.92 Å². The summed E-state index contributed by atoms with van der Waals surface area (Å²) in [4.78, 5) is 13.2. The number of rotatable bonds is 2. The van der Waals surface area contributed by atoms with Crippen LogP contribution in [0, 0.1) is 5.92 Å². The van der Waals surface area contributed by atoms with E-state index in [0.29, 0.717) is 5.92 Å². The molecule has 0 radical (unpaired) electrons. The van der Waals surface area contributed by atoms with E-state index < -0.39 is 0 Å². The van der Waals surface area contributed by atoms with Crippen molar-refractivity contribution < 1.29 is 0 Å². The summed E-state index contributed by atoms with van der Waals surface area (Å²) >= 11 is 0.985. The zero-order valence-electron chi connectivity index (χ0n) is 6.05. The van der Waals surface area contributed by atoms with Crippen molar-refractivity contribution >= 4 is 11.5 Å². The summed E-state index contributed by atoms with van der Waals surface area (Å²) in [6.07, 6.45) is 0.860. The maximum atomic E-state index is 10.6. The maximum Gasteiger partial charge on any atom is 0.323 e. The number of nitrogens with zero attached hydrogens (tertiary/aromatic N) is 1. The van der Waals surface area contributed by atoms with Crippen LogP contribution in [0.3, 0.4) is 0 Å². The van der Waals surface area contributed by atoms with Gasteiger partial charge in [-0.05, 0) is 5.92 Å². The Morgan fingerprint density at radius 3 is 2.80 bits per heavy atom. The Hall–Kier alpha value is -0.640. The van der Waals surface area contributed by atoms with Crippen LogP contribution in [0.15, 0.2) is 4.79 Å². The summed E-state index contributed by atoms with van der Waals surface area (Å²) in [6.45, 7) is 4.19. The average molecular weight is 158 g/mol. The van der Waals surface area contributed by atoms with Crippen molar-refractivity contribution in [2.75, 3.05) is 0 Å². The second kappa shape index (κ2) is 2.96. The third-order valence-electron chi connectivity index (χ3n) is 1.09. The highest BCUT2D eigenvalue weighted by molar-refractivity contribution is 7.02. The third kappa shape index (κ3) is 1.95. The molecule has 0 saturated heterocycles. The van der Waals surface area contributed by atoms with E-state index in [9.17, 15) is 4.79 Å². The van der Waals surface area contributed by atoms with Crippen LogP contribution in [-0.2, 0) is 6.42 Å². The Kier molecular flexibility index (Phi) is 2.21. The number of hydrogen-bond acceptors (Lipinski definition) is 3. The van der Waals surface area contributed by atoms with Crippen molar-refractivity contribution in [3.05, 3.63) is 15.5 Å². The number of aromatic nitrogens is 2. The molecule has 1 rings (SSSR count). The van der Waals surface area contributed by atoms with Crippen molar-refractivity contribution in [1.29, 1.82) is 0 Å². The highest BCUT2D eigenvalue weighted by atomic mass is 32.1. The van der Waals surface area contributed by atoms with Gasteiger partial charge in [0.15, 0.2) is 0 Å². The summed E-state index contributed by atoms with van der Waals surface area (Å²) in [5.74, 6) is 1.36. The SMILES string of the molecule is CC(C)Cc1nsc(=O)[nH]1. The van der Waals surface area contributed by atoms with E-state index in [1.54, 1.807) is 0 Å². The van der Waals surface area contributed by atoms with Gasteiger partial charge in [-0.3, -0.25) is 9.78 Å². The van der Waals surface area contributed by atoms with E-state index in [1.165, 1.54) is 0 Å². The molecule has 1 aromatic rings. The number of H-pyrrole nitrogens is 1. The molecule has 0 aliphatic carbocycles.